The molecule has 0 spiro atoms. The molecule has 1 fully saturated rings. The molecule has 3 rings (SSSR count). The number of hydrogen-bond acceptors (Lipinski definition) is 3. The van der Waals surface area contributed by atoms with Crippen LogP contribution in [-0.2, 0) is 4.74 Å². The maximum absolute atomic E-state index is 12.5. The van der Waals surface area contributed by atoms with E-state index in [2.05, 4.69) is 10.2 Å². The second-order valence-electron chi connectivity index (χ2n) is 5.05. The molecule has 100 valence electrons. The summed E-state index contributed by atoms with van der Waals surface area (Å²) in [7, 11) is 0. The van der Waals surface area contributed by atoms with Gasteiger partial charge in [0.25, 0.3) is 5.91 Å². The van der Waals surface area contributed by atoms with Gasteiger partial charge in [0.05, 0.1) is 18.2 Å². The van der Waals surface area contributed by atoms with E-state index in [0.717, 1.165) is 16.5 Å². The molecule has 5 nitrogen and oxygen atoms in total. The van der Waals surface area contributed by atoms with Crippen LogP contribution in [0.4, 0.5) is 0 Å². The molecule has 1 amide bonds. The summed E-state index contributed by atoms with van der Waals surface area (Å²) in [5.74, 6) is -0.0213. The highest BCUT2D eigenvalue weighted by Gasteiger charge is 2.25. The Hall–Kier alpha value is -1.88. The first-order valence-corrected chi connectivity index (χ1v) is 6.51. The first-order chi connectivity index (χ1) is 9.15. The lowest BCUT2D eigenvalue weighted by molar-refractivity contribution is -0.0125. The SMILES string of the molecule is Cc1ccc2[nH]nc(C(=O)N3CCOC(C)C3)c2c1. The molecule has 1 aromatic carbocycles. The number of amides is 1. The number of carbonyl (C=O) groups excluding carboxylic acids is 1. The molecule has 0 radical (unpaired) electrons. The molecule has 1 atom stereocenters. The quantitative estimate of drug-likeness (QED) is 0.848. The number of benzene rings is 1. The van der Waals surface area contributed by atoms with E-state index in [4.69, 9.17) is 4.74 Å². The number of aromatic nitrogens is 2. The van der Waals surface area contributed by atoms with Crippen molar-refractivity contribution in [2.24, 2.45) is 0 Å². The number of fused-ring (bicyclic) bond motifs is 1. The molecule has 0 saturated carbocycles. The number of carbonyl (C=O) groups is 1. The second-order valence-corrected chi connectivity index (χ2v) is 5.05. The van der Waals surface area contributed by atoms with Gasteiger partial charge >= 0.3 is 0 Å². The summed E-state index contributed by atoms with van der Waals surface area (Å²) in [6.45, 7) is 5.83. The lowest BCUT2D eigenvalue weighted by Gasteiger charge is -2.30. The molecular weight excluding hydrogens is 242 g/mol. The van der Waals surface area contributed by atoms with Crippen molar-refractivity contribution in [3.05, 3.63) is 29.5 Å². The van der Waals surface area contributed by atoms with Crippen molar-refractivity contribution < 1.29 is 9.53 Å². The molecule has 5 heteroatoms. The Morgan fingerprint density at radius 2 is 2.37 bits per heavy atom. The van der Waals surface area contributed by atoms with Crippen LogP contribution in [0.2, 0.25) is 0 Å². The van der Waals surface area contributed by atoms with E-state index in [9.17, 15) is 4.79 Å². The average Bonchev–Trinajstić information content (AvgIpc) is 2.80. The van der Waals surface area contributed by atoms with Crippen molar-refractivity contribution in [2.75, 3.05) is 19.7 Å². The molecule has 0 aliphatic carbocycles. The van der Waals surface area contributed by atoms with E-state index in [1.165, 1.54) is 0 Å². The molecule has 1 aliphatic heterocycles. The zero-order chi connectivity index (χ0) is 13.4. The number of rotatable bonds is 1. The van der Waals surface area contributed by atoms with Crippen LogP contribution in [-0.4, -0.2) is 46.8 Å². The number of aryl methyl sites for hydroxylation is 1. The van der Waals surface area contributed by atoms with Crippen LogP contribution < -0.4 is 0 Å². The minimum absolute atomic E-state index is 0.0213. The standard InChI is InChI=1S/C14H17N3O2/c1-9-3-4-12-11(7-9)13(16-15-12)14(18)17-5-6-19-10(2)8-17/h3-4,7,10H,5-6,8H2,1-2H3,(H,15,16). The Kier molecular flexibility index (Phi) is 2.98. The fourth-order valence-corrected chi connectivity index (χ4v) is 2.44. The molecule has 1 aliphatic rings. The monoisotopic (exact) mass is 259 g/mol. The minimum Gasteiger partial charge on any atom is -0.375 e. The van der Waals surface area contributed by atoms with Crippen LogP contribution >= 0.6 is 0 Å². The van der Waals surface area contributed by atoms with Crippen LogP contribution in [0.15, 0.2) is 18.2 Å². The molecule has 2 heterocycles. The van der Waals surface area contributed by atoms with Crippen molar-refractivity contribution in [3.63, 3.8) is 0 Å². The molecule has 19 heavy (non-hydrogen) atoms. The molecule has 1 unspecified atom stereocenters. The number of nitrogens with zero attached hydrogens (tertiary/aromatic N) is 2. The van der Waals surface area contributed by atoms with Crippen molar-refractivity contribution in [1.29, 1.82) is 0 Å². The zero-order valence-electron chi connectivity index (χ0n) is 11.1. The van der Waals surface area contributed by atoms with Crippen LogP contribution in [0.3, 0.4) is 0 Å². The van der Waals surface area contributed by atoms with E-state index in [1.807, 2.05) is 36.9 Å². The maximum atomic E-state index is 12.5. The van der Waals surface area contributed by atoms with Crippen molar-refractivity contribution in [3.8, 4) is 0 Å². The Morgan fingerprint density at radius 1 is 1.53 bits per heavy atom. The van der Waals surface area contributed by atoms with E-state index in [0.29, 0.717) is 25.4 Å². The van der Waals surface area contributed by atoms with Gasteiger partial charge in [-0.3, -0.25) is 9.89 Å². The average molecular weight is 259 g/mol. The Morgan fingerprint density at radius 3 is 3.16 bits per heavy atom. The summed E-state index contributed by atoms with van der Waals surface area (Å²) in [5.41, 5.74) is 2.53. The predicted octanol–water partition coefficient (Wildman–Crippen LogP) is 1.73. The van der Waals surface area contributed by atoms with Gasteiger partial charge in [-0.1, -0.05) is 11.6 Å². The van der Waals surface area contributed by atoms with Gasteiger partial charge in [-0.25, -0.2) is 0 Å². The number of hydrogen-bond donors (Lipinski definition) is 1. The van der Waals surface area contributed by atoms with Gasteiger partial charge in [-0.05, 0) is 26.0 Å². The number of H-pyrrole nitrogens is 1. The Bertz CT molecular complexity index is 620. The third-order valence-corrected chi connectivity index (χ3v) is 3.45. The topological polar surface area (TPSA) is 58.2 Å². The highest BCUT2D eigenvalue weighted by molar-refractivity contribution is 6.04. The summed E-state index contributed by atoms with van der Waals surface area (Å²) >= 11 is 0. The van der Waals surface area contributed by atoms with Gasteiger partial charge in [0, 0.05) is 18.5 Å². The molecule has 1 aromatic heterocycles. The summed E-state index contributed by atoms with van der Waals surface area (Å²) < 4.78 is 5.46. The molecule has 1 saturated heterocycles. The maximum Gasteiger partial charge on any atom is 0.275 e. The normalized spacial score (nSPS) is 19.9. The fraction of sp³-hybridized carbons (Fsp3) is 0.429. The minimum atomic E-state index is -0.0213. The van der Waals surface area contributed by atoms with Gasteiger partial charge < -0.3 is 9.64 Å². The fourth-order valence-electron chi connectivity index (χ4n) is 2.44. The number of morpholine rings is 1. The lowest BCUT2D eigenvalue weighted by atomic mass is 10.1. The Labute approximate surface area is 111 Å². The van der Waals surface area contributed by atoms with Crippen LogP contribution in [0.5, 0.6) is 0 Å². The number of ether oxygens (including phenoxy) is 1. The summed E-state index contributed by atoms with van der Waals surface area (Å²) in [5, 5.41) is 7.99. The van der Waals surface area contributed by atoms with Gasteiger partial charge in [-0.15, -0.1) is 0 Å². The summed E-state index contributed by atoms with van der Waals surface area (Å²) in [4.78, 5) is 14.3. The van der Waals surface area contributed by atoms with Gasteiger partial charge in [-0.2, -0.15) is 5.10 Å². The molecule has 0 bridgehead atoms. The largest absolute Gasteiger partial charge is 0.375 e. The lowest BCUT2D eigenvalue weighted by Crippen LogP contribution is -2.44. The second kappa shape index (κ2) is 4.66. The molecular formula is C14H17N3O2. The van der Waals surface area contributed by atoms with E-state index in [1.54, 1.807) is 0 Å². The smallest absolute Gasteiger partial charge is 0.275 e. The van der Waals surface area contributed by atoms with Crippen LogP contribution in [0, 0.1) is 6.92 Å². The van der Waals surface area contributed by atoms with Crippen LogP contribution in [0.25, 0.3) is 10.9 Å². The van der Waals surface area contributed by atoms with E-state index in [-0.39, 0.29) is 12.0 Å². The molecule has 1 N–H and O–H groups in total. The van der Waals surface area contributed by atoms with Gasteiger partial charge in [0.15, 0.2) is 5.69 Å². The number of aromatic amines is 1. The summed E-state index contributed by atoms with van der Waals surface area (Å²) in [6, 6.07) is 5.96. The van der Waals surface area contributed by atoms with Gasteiger partial charge in [0.1, 0.15) is 0 Å². The first kappa shape index (κ1) is 12.2. The van der Waals surface area contributed by atoms with E-state index >= 15 is 0 Å². The van der Waals surface area contributed by atoms with Crippen LogP contribution in [0.1, 0.15) is 23.0 Å². The van der Waals surface area contributed by atoms with Crippen molar-refractivity contribution >= 4 is 16.8 Å². The third-order valence-electron chi connectivity index (χ3n) is 3.45. The molecule has 2 aromatic rings. The predicted molar refractivity (Wildman–Crippen MR) is 72.1 cm³/mol. The highest BCUT2D eigenvalue weighted by atomic mass is 16.5. The first-order valence-electron chi connectivity index (χ1n) is 6.51. The third kappa shape index (κ3) is 2.21. The Balaban J connectivity index is 1.95. The number of nitrogens with one attached hydrogen (secondary N) is 1. The van der Waals surface area contributed by atoms with Crippen molar-refractivity contribution in [2.45, 2.75) is 20.0 Å². The van der Waals surface area contributed by atoms with E-state index < -0.39 is 0 Å². The zero-order valence-corrected chi connectivity index (χ0v) is 11.1. The highest BCUT2D eigenvalue weighted by Crippen LogP contribution is 2.19. The van der Waals surface area contributed by atoms with Crippen molar-refractivity contribution in [1.82, 2.24) is 15.1 Å². The van der Waals surface area contributed by atoms with Gasteiger partial charge in [0.2, 0.25) is 0 Å². The summed E-state index contributed by atoms with van der Waals surface area (Å²) in [6.07, 6.45) is 0.0876.